The van der Waals surface area contributed by atoms with Crippen LogP contribution >= 0.6 is 0 Å². The predicted molar refractivity (Wildman–Crippen MR) is 112 cm³/mol. The normalized spacial score (nSPS) is 11.8. The number of benzene rings is 1. The molecule has 0 aliphatic heterocycles. The minimum atomic E-state index is -4.51. The number of hydrogen-bond acceptors (Lipinski definition) is 4. The highest BCUT2D eigenvalue weighted by Crippen LogP contribution is 2.27. The highest BCUT2D eigenvalue weighted by molar-refractivity contribution is 6.06. The SMILES string of the molecule is CCOCCCN(CC(F)(F)F)C(=O)c1cc(-c2ccccc2)nc2c1cnn2CC. The molecule has 0 unspecified atom stereocenters. The van der Waals surface area contributed by atoms with Crippen LogP contribution in [0.2, 0.25) is 0 Å². The molecule has 0 fully saturated rings. The van der Waals surface area contributed by atoms with Crippen molar-refractivity contribution in [1.82, 2.24) is 19.7 Å². The number of hydrogen-bond donors (Lipinski definition) is 0. The summed E-state index contributed by atoms with van der Waals surface area (Å²) in [6.07, 6.45) is -2.72. The number of aromatic nitrogens is 3. The minimum Gasteiger partial charge on any atom is -0.382 e. The number of carbonyl (C=O) groups excluding carboxylic acids is 1. The zero-order chi connectivity index (χ0) is 22.4. The first kappa shape index (κ1) is 22.7. The van der Waals surface area contributed by atoms with Crippen LogP contribution < -0.4 is 0 Å². The third-order valence-corrected chi connectivity index (χ3v) is 4.79. The summed E-state index contributed by atoms with van der Waals surface area (Å²) < 4.78 is 46.5. The Morgan fingerprint density at radius 2 is 1.94 bits per heavy atom. The topological polar surface area (TPSA) is 60.2 Å². The molecule has 0 bridgehead atoms. The largest absolute Gasteiger partial charge is 0.406 e. The summed E-state index contributed by atoms with van der Waals surface area (Å²) in [4.78, 5) is 18.8. The third-order valence-electron chi connectivity index (χ3n) is 4.79. The van der Waals surface area contributed by atoms with Gasteiger partial charge in [-0.2, -0.15) is 18.3 Å². The number of pyridine rings is 1. The summed E-state index contributed by atoms with van der Waals surface area (Å²) >= 11 is 0. The standard InChI is InChI=1S/C22H25F3N4O2/c1-3-29-20-18(14-26-29)17(13-19(27-20)16-9-6-5-7-10-16)21(30)28(15-22(23,24)25)11-8-12-31-4-2/h5-7,9-10,13-14H,3-4,8,11-12,15H2,1-2H3. The number of aryl methyl sites for hydroxylation is 1. The molecule has 3 rings (SSSR count). The number of alkyl halides is 3. The molecule has 1 amide bonds. The van der Waals surface area contributed by atoms with Crippen molar-refractivity contribution < 1.29 is 22.7 Å². The third kappa shape index (κ3) is 5.61. The van der Waals surface area contributed by atoms with Gasteiger partial charge in [0.05, 0.1) is 22.8 Å². The van der Waals surface area contributed by atoms with Gasteiger partial charge in [-0.1, -0.05) is 30.3 Å². The van der Waals surface area contributed by atoms with Crippen molar-refractivity contribution in [2.45, 2.75) is 33.0 Å². The van der Waals surface area contributed by atoms with Crippen molar-refractivity contribution in [3.8, 4) is 11.3 Å². The first-order chi connectivity index (χ1) is 14.8. The van der Waals surface area contributed by atoms with Crippen LogP contribution in [0.3, 0.4) is 0 Å². The Balaban J connectivity index is 2.04. The van der Waals surface area contributed by atoms with Gasteiger partial charge in [-0.05, 0) is 26.3 Å². The molecule has 0 saturated carbocycles. The van der Waals surface area contributed by atoms with E-state index in [1.807, 2.05) is 44.2 Å². The summed E-state index contributed by atoms with van der Waals surface area (Å²) in [7, 11) is 0. The second-order valence-corrected chi connectivity index (χ2v) is 7.01. The maximum Gasteiger partial charge on any atom is 0.406 e. The van der Waals surface area contributed by atoms with Crippen molar-refractivity contribution in [3.63, 3.8) is 0 Å². The van der Waals surface area contributed by atoms with E-state index < -0.39 is 18.6 Å². The molecule has 2 heterocycles. The van der Waals surface area contributed by atoms with Crippen LogP contribution in [0.15, 0.2) is 42.6 Å². The second-order valence-electron chi connectivity index (χ2n) is 7.01. The molecular weight excluding hydrogens is 409 g/mol. The van der Waals surface area contributed by atoms with Gasteiger partial charge in [0.25, 0.3) is 5.91 Å². The van der Waals surface area contributed by atoms with Crippen LogP contribution in [-0.4, -0.2) is 58.1 Å². The molecule has 3 aromatic rings. The molecule has 6 nitrogen and oxygen atoms in total. The Kier molecular flexibility index (Phi) is 7.27. The van der Waals surface area contributed by atoms with E-state index in [1.165, 1.54) is 6.20 Å². The fourth-order valence-corrected chi connectivity index (χ4v) is 3.35. The quantitative estimate of drug-likeness (QED) is 0.464. The van der Waals surface area contributed by atoms with Gasteiger partial charge in [-0.15, -0.1) is 0 Å². The fourth-order valence-electron chi connectivity index (χ4n) is 3.35. The fraction of sp³-hybridized carbons (Fsp3) is 0.409. The summed E-state index contributed by atoms with van der Waals surface area (Å²) in [5, 5.41) is 4.69. The number of carbonyl (C=O) groups is 1. The molecule has 0 spiro atoms. The number of fused-ring (bicyclic) bond motifs is 1. The lowest BCUT2D eigenvalue weighted by Gasteiger charge is -2.24. The summed E-state index contributed by atoms with van der Waals surface area (Å²) in [5.74, 6) is -0.700. The Morgan fingerprint density at radius 1 is 1.19 bits per heavy atom. The number of amides is 1. The smallest absolute Gasteiger partial charge is 0.382 e. The molecule has 31 heavy (non-hydrogen) atoms. The van der Waals surface area contributed by atoms with Crippen molar-refractivity contribution in [2.24, 2.45) is 0 Å². The second kappa shape index (κ2) is 9.91. The first-order valence-electron chi connectivity index (χ1n) is 10.2. The monoisotopic (exact) mass is 434 g/mol. The zero-order valence-electron chi connectivity index (χ0n) is 17.5. The van der Waals surface area contributed by atoms with Crippen molar-refractivity contribution in [2.75, 3.05) is 26.3 Å². The molecule has 0 aliphatic carbocycles. The Bertz CT molecular complexity index is 1020. The average molecular weight is 434 g/mol. The van der Waals surface area contributed by atoms with E-state index >= 15 is 0 Å². The maximum absolute atomic E-state index is 13.3. The molecular formula is C22H25F3N4O2. The Morgan fingerprint density at radius 3 is 2.58 bits per heavy atom. The number of halogens is 3. The molecule has 2 aromatic heterocycles. The van der Waals surface area contributed by atoms with Gasteiger partial charge in [0.2, 0.25) is 0 Å². The summed E-state index contributed by atoms with van der Waals surface area (Å²) in [5.41, 5.74) is 1.90. The van der Waals surface area contributed by atoms with Crippen molar-refractivity contribution in [3.05, 3.63) is 48.2 Å². The van der Waals surface area contributed by atoms with Crippen molar-refractivity contribution >= 4 is 16.9 Å². The van der Waals surface area contributed by atoms with Gasteiger partial charge in [0, 0.05) is 31.9 Å². The van der Waals surface area contributed by atoms with Crippen LogP contribution in [0.1, 0.15) is 30.6 Å². The van der Waals surface area contributed by atoms with Gasteiger partial charge in [0.1, 0.15) is 6.54 Å². The molecule has 0 atom stereocenters. The van der Waals surface area contributed by atoms with Crippen LogP contribution in [0.5, 0.6) is 0 Å². The van der Waals surface area contributed by atoms with Crippen molar-refractivity contribution in [1.29, 1.82) is 0 Å². The minimum absolute atomic E-state index is 0.0647. The molecule has 9 heteroatoms. The molecule has 0 aliphatic rings. The number of rotatable bonds is 9. The predicted octanol–water partition coefficient (Wildman–Crippen LogP) is 4.55. The first-order valence-corrected chi connectivity index (χ1v) is 10.2. The lowest BCUT2D eigenvalue weighted by molar-refractivity contribution is -0.141. The van der Waals surface area contributed by atoms with E-state index in [9.17, 15) is 18.0 Å². The van der Waals surface area contributed by atoms with Gasteiger partial charge >= 0.3 is 6.18 Å². The molecule has 1 aromatic carbocycles. The van der Waals surface area contributed by atoms with E-state index in [-0.39, 0.29) is 18.7 Å². The maximum atomic E-state index is 13.3. The van der Waals surface area contributed by atoms with Crippen LogP contribution in [0.4, 0.5) is 13.2 Å². The van der Waals surface area contributed by atoms with Gasteiger partial charge in [0.15, 0.2) is 5.65 Å². The van der Waals surface area contributed by atoms with Crippen LogP contribution in [0, 0.1) is 0 Å². The van der Waals surface area contributed by atoms with E-state index in [2.05, 4.69) is 10.1 Å². The molecule has 0 saturated heterocycles. The van der Waals surface area contributed by atoms with E-state index in [4.69, 9.17) is 4.74 Å². The van der Waals surface area contributed by atoms with E-state index in [0.29, 0.717) is 36.3 Å². The molecule has 0 N–H and O–H groups in total. The lowest BCUT2D eigenvalue weighted by Crippen LogP contribution is -2.40. The number of ether oxygens (including phenoxy) is 1. The Hall–Kier alpha value is -2.94. The lowest BCUT2D eigenvalue weighted by atomic mass is 10.1. The Labute approximate surface area is 178 Å². The van der Waals surface area contributed by atoms with E-state index in [1.54, 1.807) is 10.7 Å². The summed E-state index contributed by atoms with van der Waals surface area (Å²) in [6, 6.07) is 10.8. The highest BCUT2D eigenvalue weighted by atomic mass is 19.4. The van der Waals surface area contributed by atoms with Crippen LogP contribution in [-0.2, 0) is 11.3 Å². The zero-order valence-corrected chi connectivity index (χ0v) is 17.5. The van der Waals surface area contributed by atoms with Gasteiger partial charge < -0.3 is 9.64 Å². The molecule has 0 radical (unpaired) electrons. The average Bonchev–Trinajstić information content (AvgIpc) is 3.17. The molecule has 166 valence electrons. The van der Waals surface area contributed by atoms with Gasteiger partial charge in [-0.25, -0.2) is 9.67 Å². The van der Waals surface area contributed by atoms with Gasteiger partial charge in [-0.3, -0.25) is 4.79 Å². The van der Waals surface area contributed by atoms with Crippen LogP contribution in [0.25, 0.3) is 22.3 Å². The number of nitrogens with zero attached hydrogens (tertiary/aromatic N) is 4. The van der Waals surface area contributed by atoms with E-state index in [0.717, 1.165) is 10.5 Å². The highest BCUT2D eigenvalue weighted by Gasteiger charge is 2.34. The summed E-state index contributed by atoms with van der Waals surface area (Å²) in [6.45, 7) is 3.57.